The summed E-state index contributed by atoms with van der Waals surface area (Å²) in [5, 5.41) is 7.06. The Morgan fingerprint density at radius 3 is 2.79 bits per heavy atom. The molecule has 1 N–H and O–H groups in total. The van der Waals surface area contributed by atoms with Crippen LogP contribution in [0.1, 0.15) is 43.7 Å². The molecule has 7 heteroatoms. The summed E-state index contributed by atoms with van der Waals surface area (Å²) in [7, 11) is 0. The molecule has 1 aliphatic heterocycles. The molecule has 2 aromatic carbocycles. The maximum atomic E-state index is 13.2. The SMILES string of the molecule is CCc1ccccc1NC(=O)N1CCCCC1c1nc(-c2ccc(F)cc2)no1. The zero-order chi connectivity index (χ0) is 20.2. The van der Waals surface area contributed by atoms with Crippen molar-refractivity contribution in [2.24, 2.45) is 0 Å². The normalized spacial score (nSPS) is 16.6. The number of amides is 2. The average molecular weight is 394 g/mol. The summed E-state index contributed by atoms with van der Waals surface area (Å²) < 4.78 is 18.6. The van der Waals surface area contributed by atoms with Crippen LogP contribution in [0.2, 0.25) is 0 Å². The molecule has 1 aromatic heterocycles. The second-order valence-corrected chi connectivity index (χ2v) is 7.11. The highest BCUT2D eigenvalue weighted by atomic mass is 19.1. The van der Waals surface area contributed by atoms with Crippen LogP contribution in [0.15, 0.2) is 53.1 Å². The third-order valence-electron chi connectivity index (χ3n) is 5.23. The van der Waals surface area contributed by atoms with Gasteiger partial charge in [0.2, 0.25) is 11.7 Å². The van der Waals surface area contributed by atoms with Gasteiger partial charge in [-0.05, 0) is 61.6 Å². The molecule has 0 saturated carbocycles. The molecule has 0 bridgehead atoms. The zero-order valence-electron chi connectivity index (χ0n) is 16.3. The van der Waals surface area contributed by atoms with Crippen LogP contribution in [-0.2, 0) is 6.42 Å². The van der Waals surface area contributed by atoms with Gasteiger partial charge in [-0.2, -0.15) is 4.98 Å². The molecule has 0 radical (unpaired) electrons. The van der Waals surface area contributed by atoms with E-state index in [0.717, 1.165) is 36.9 Å². The van der Waals surface area contributed by atoms with Gasteiger partial charge in [-0.25, -0.2) is 9.18 Å². The Kier molecular flexibility index (Phi) is 5.55. The van der Waals surface area contributed by atoms with Gasteiger partial charge in [0.25, 0.3) is 0 Å². The van der Waals surface area contributed by atoms with Crippen molar-refractivity contribution in [2.45, 2.75) is 38.6 Å². The average Bonchev–Trinajstić information content (AvgIpc) is 3.25. The van der Waals surface area contributed by atoms with Crippen LogP contribution < -0.4 is 5.32 Å². The van der Waals surface area contributed by atoms with Crippen LogP contribution in [0.5, 0.6) is 0 Å². The standard InChI is InChI=1S/C22H23FN4O2/c1-2-15-7-3-4-8-18(15)24-22(28)27-14-6-5-9-19(27)21-25-20(26-29-21)16-10-12-17(23)13-11-16/h3-4,7-8,10-13,19H,2,5-6,9,14H2,1H3,(H,24,28). The van der Waals surface area contributed by atoms with Gasteiger partial charge in [-0.1, -0.05) is 30.3 Å². The van der Waals surface area contributed by atoms with Gasteiger partial charge >= 0.3 is 6.03 Å². The van der Waals surface area contributed by atoms with Crippen molar-refractivity contribution >= 4 is 11.7 Å². The molecule has 1 fully saturated rings. The second-order valence-electron chi connectivity index (χ2n) is 7.11. The predicted octanol–water partition coefficient (Wildman–Crippen LogP) is 5.20. The first-order valence-electron chi connectivity index (χ1n) is 9.90. The minimum absolute atomic E-state index is 0.169. The van der Waals surface area contributed by atoms with Crippen molar-refractivity contribution < 1.29 is 13.7 Å². The van der Waals surface area contributed by atoms with Crippen LogP contribution in [0, 0.1) is 5.82 Å². The van der Waals surface area contributed by atoms with Crippen molar-refractivity contribution in [2.75, 3.05) is 11.9 Å². The number of hydrogen-bond acceptors (Lipinski definition) is 4. The Hall–Kier alpha value is -3.22. The Balaban J connectivity index is 1.54. The van der Waals surface area contributed by atoms with Crippen molar-refractivity contribution in [1.82, 2.24) is 15.0 Å². The van der Waals surface area contributed by atoms with Crippen molar-refractivity contribution in [3.8, 4) is 11.4 Å². The molecule has 2 amide bonds. The predicted molar refractivity (Wildman–Crippen MR) is 108 cm³/mol. The van der Waals surface area contributed by atoms with Crippen LogP contribution in [0.3, 0.4) is 0 Å². The summed E-state index contributed by atoms with van der Waals surface area (Å²) in [6, 6.07) is 13.3. The van der Waals surface area contributed by atoms with E-state index in [4.69, 9.17) is 4.52 Å². The molecule has 1 atom stereocenters. The summed E-state index contributed by atoms with van der Waals surface area (Å²) in [5.74, 6) is 0.477. The Labute approximate surface area is 168 Å². The fourth-order valence-corrected chi connectivity index (χ4v) is 3.66. The number of urea groups is 1. The quantitative estimate of drug-likeness (QED) is 0.660. The van der Waals surface area contributed by atoms with Gasteiger partial charge in [0.1, 0.15) is 11.9 Å². The Morgan fingerprint density at radius 1 is 1.21 bits per heavy atom. The van der Waals surface area contributed by atoms with E-state index in [0.29, 0.717) is 23.8 Å². The highest BCUT2D eigenvalue weighted by Gasteiger charge is 2.32. The molecule has 0 spiro atoms. The van der Waals surface area contributed by atoms with Crippen molar-refractivity contribution in [3.05, 3.63) is 65.8 Å². The molecule has 4 rings (SSSR count). The number of likely N-dealkylation sites (tertiary alicyclic amines) is 1. The van der Waals surface area contributed by atoms with Gasteiger partial charge in [0.15, 0.2) is 0 Å². The molecule has 3 aromatic rings. The monoisotopic (exact) mass is 394 g/mol. The van der Waals surface area contributed by atoms with Crippen LogP contribution in [0.25, 0.3) is 11.4 Å². The van der Waals surface area contributed by atoms with Crippen LogP contribution >= 0.6 is 0 Å². The number of benzene rings is 2. The maximum absolute atomic E-state index is 13.2. The minimum atomic E-state index is -0.319. The van der Waals surface area contributed by atoms with Crippen molar-refractivity contribution in [3.63, 3.8) is 0 Å². The zero-order valence-corrected chi connectivity index (χ0v) is 16.3. The highest BCUT2D eigenvalue weighted by Crippen LogP contribution is 2.32. The van der Waals surface area contributed by atoms with Crippen molar-refractivity contribution in [1.29, 1.82) is 0 Å². The Bertz CT molecular complexity index is 986. The van der Waals surface area contributed by atoms with E-state index in [9.17, 15) is 9.18 Å². The van der Waals surface area contributed by atoms with Gasteiger partial charge in [-0.15, -0.1) is 0 Å². The third kappa shape index (κ3) is 4.13. The molecular weight excluding hydrogens is 371 g/mol. The van der Waals surface area contributed by atoms with E-state index in [1.165, 1.54) is 12.1 Å². The summed E-state index contributed by atoms with van der Waals surface area (Å²) in [5.41, 5.74) is 2.58. The summed E-state index contributed by atoms with van der Waals surface area (Å²) in [4.78, 5) is 19.3. The number of nitrogens with one attached hydrogen (secondary N) is 1. The first-order valence-corrected chi connectivity index (χ1v) is 9.90. The lowest BCUT2D eigenvalue weighted by Crippen LogP contribution is -2.41. The van der Waals surface area contributed by atoms with Gasteiger partial charge < -0.3 is 14.7 Å². The Morgan fingerprint density at radius 2 is 2.00 bits per heavy atom. The molecular formula is C22H23FN4O2. The van der Waals surface area contributed by atoms with E-state index in [-0.39, 0.29) is 17.9 Å². The molecule has 29 heavy (non-hydrogen) atoms. The third-order valence-corrected chi connectivity index (χ3v) is 5.23. The number of hydrogen-bond donors (Lipinski definition) is 1. The highest BCUT2D eigenvalue weighted by molar-refractivity contribution is 5.90. The summed E-state index contributed by atoms with van der Waals surface area (Å²) in [6.45, 7) is 2.68. The number of aryl methyl sites for hydroxylation is 1. The van der Waals surface area contributed by atoms with E-state index in [2.05, 4.69) is 22.4 Å². The summed E-state index contributed by atoms with van der Waals surface area (Å²) in [6.07, 6.45) is 3.50. The van der Waals surface area contributed by atoms with Crippen LogP contribution in [-0.4, -0.2) is 27.6 Å². The lowest BCUT2D eigenvalue weighted by Gasteiger charge is -2.33. The number of rotatable bonds is 4. The summed E-state index contributed by atoms with van der Waals surface area (Å²) >= 11 is 0. The van der Waals surface area contributed by atoms with E-state index < -0.39 is 0 Å². The molecule has 1 aliphatic rings. The number of halogens is 1. The number of carbonyl (C=O) groups excluding carboxylic acids is 1. The smallest absolute Gasteiger partial charge is 0.322 e. The number of para-hydroxylation sites is 1. The molecule has 0 aliphatic carbocycles. The number of piperidine rings is 1. The van der Waals surface area contributed by atoms with E-state index in [1.807, 2.05) is 24.3 Å². The largest absolute Gasteiger partial charge is 0.337 e. The van der Waals surface area contributed by atoms with E-state index >= 15 is 0 Å². The van der Waals surface area contributed by atoms with Crippen LogP contribution in [0.4, 0.5) is 14.9 Å². The first-order chi connectivity index (χ1) is 14.2. The fourth-order valence-electron chi connectivity index (χ4n) is 3.66. The topological polar surface area (TPSA) is 71.3 Å². The minimum Gasteiger partial charge on any atom is -0.337 e. The molecule has 150 valence electrons. The van der Waals surface area contributed by atoms with Gasteiger partial charge in [-0.3, -0.25) is 0 Å². The molecule has 6 nitrogen and oxygen atoms in total. The number of anilines is 1. The molecule has 1 saturated heterocycles. The van der Waals surface area contributed by atoms with Gasteiger partial charge in [0, 0.05) is 17.8 Å². The maximum Gasteiger partial charge on any atom is 0.322 e. The molecule has 1 unspecified atom stereocenters. The first kappa shape index (κ1) is 19.1. The molecule has 2 heterocycles. The lowest BCUT2D eigenvalue weighted by molar-refractivity contribution is 0.142. The number of aromatic nitrogens is 2. The van der Waals surface area contributed by atoms with E-state index in [1.54, 1.807) is 17.0 Å². The van der Waals surface area contributed by atoms with Gasteiger partial charge in [0.05, 0.1) is 0 Å². The number of carbonyl (C=O) groups is 1. The number of nitrogens with zero attached hydrogens (tertiary/aromatic N) is 3. The lowest BCUT2D eigenvalue weighted by atomic mass is 10.0. The second kappa shape index (κ2) is 8.43. The fraction of sp³-hybridized carbons (Fsp3) is 0.318.